The summed E-state index contributed by atoms with van der Waals surface area (Å²) in [5.41, 5.74) is 2.63. The van der Waals surface area contributed by atoms with Crippen LogP contribution in [0.1, 0.15) is 36.0 Å². The Labute approximate surface area is 155 Å². The zero-order chi connectivity index (χ0) is 17.8. The van der Waals surface area contributed by atoms with E-state index < -0.39 is 0 Å². The fourth-order valence-corrected chi connectivity index (χ4v) is 4.19. The van der Waals surface area contributed by atoms with Crippen molar-refractivity contribution in [1.29, 1.82) is 0 Å². The summed E-state index contributed by atoms with van der Waals surface area (Å²) in [5.74, 6) is 0.134. The highest BCUT2D eigenvalue weighted by Crippen LogP contribution is 2.26. The maximum Gasteiger partial charge on any atom is 0.256 e. The lowest BCUT2D eigenvalue weighted by Gasteiger charge is -2.38. The van der Waals surface area contributed by atoms with E-state index in [1.807, 2.05) is 59.5 Å². The van der Waals surface area contributed by atoms with Gasteiger partial charge < -0.3 is 10.2 Å². The average Bonchev–Trinajstić information content (AvgIpc) is 3.24. The first-order valence-corrected chi connectivity index (χ1v) is 9.76. The topological polar surface area (TPSA) is 35.6 Å². The molecule has 1 heterocycles. The summed E-state index contributed by atoms with van der Waals surface area (Å²) in [6.07, 6.45) is 5.39. The van der Waals surface area contributed by atoms with Gasteiger partial charge in [0.25, 0.3) is 5.91 Å². The summed E-state index contributed by atoms with van der Waals surface area (Å²) in [4.78, 5) is 17.7. The zero-order valence-corrected chi connectivity index (χ0v) is 15.2. The van der Waals surface area contributed by atoms with Crippen molar-refractivity contribution in [3.8, 4) is 0 Å². The van der Waals surface area contributed by atoms with Crippen LogP contribution in [0.2, 0.25) is 0 Å². The number of carbonyl (C=O) groups excluding carboxylic acids is 1. The van der Waals surface area contributed by atoms with Crippen molar-refractivity contribution in [2.24, 2.45) is 0 Å². The molecule has 0 aromatic heterocycles. The molecule has 1 saturated carbocycles. The Hall–Kier alpha value is -2.33. The number of para-hydroxylation sites is 2. The summed E-state index contributed by atoms with van der Waals surface area (Å²) in [7, 11) is 0. The minimum absolute atomic E-state index is 0.134. The van der Waals surface area contributed by atoms with E-state index in [2.05, 4.69) is 10.2 Å². The van der Waals surface area contributed by atoms with Gasteiger partial charge in [-0.1, -0.05) is 43.2 Å². The largest absolute Gasteiger partial charge is 0.355 e. The molecule has 1 saturated heterocycles. The normalized spacial score (nSPS) is 18.8. The van der Waals surface area contributed by atoms with Gasteiger partial charge in [-0.25, -0.2) is 0 Å². The van der Waals surface area contributed by atoms with Crippen LogP contribution in [0.5, 0.6) is 0 Å². The molecule has 2 aliphatic rings. The van der Waals surface area contributed by atoms with Crippen molar-refractivity contribution in [3.05, 3.63) is 60.2 Å². The maximum absolute atomic E-state index is 13.1. The molecule has 136 valence electrons. The highest BCUT2D eigenvalue weighted by Gasteiger charge is 2.28. The molecule has 4 nitrogen and oxygen atoms in total. The standard InChI is InChI=1S/C22H27N3O/c26-22(25-16-14-24(15-17-25)19-10-4-5-11-19)20-12-6-7-13-21(20)23-18-8-2-1-3-9-18/h1-3,6-9,12-13,19,23H,4-5,10-11,14-17H2. The summed E-state index contributed by atoms with van der Waals surface area (Å²) < 4.78 is 0. The molecule has 4 rings (SSSR count). The number of hydrogen-bond donors (Lipinski definition) is 1. The molecule has 0 radical (unpaired) electrons. The maximum atomic E-state index is 13.1. The minimum atomic E-state index is 0.134. The first-order chi connectivity index (χ1) is 12.8. The number of rotatable bonds is 4. The number of carbonyl (C=O) groups is 1. The zero-order valence-electron chi connectivity index (χ0n) is 15.2. The smallest absolute Gasteiger partial charge is 0.256 e. The van der Waals surface area contributed by atoms with Crippen LogP contribution in [0.15, 0.2) is 54.6 Å². The van der Waals surface area contributed by atoms with Crippen molar-refractivity contribution in [1.82, 2.24) is 9.80 Å². The molecule has 1 aliphatic heterocycles. The Morgan fingerprint density at radius 1 is 0.846 bits per heavy atom. The van der Waals surface area contributed by atoms with Gasteiger partial charge in [-0.2, -0.15) is 0 Å². The van der Waals surface area contributed by atoms with E-state index >= 15 is 0 Å². The Morgan fingerprint density at radius 2 is 1.50 bits per heavy atom. The van der Waals surface area contributed by atoms with E-state index in [0.717, 1.165) is 49.2 Å². The van der Waals surface area contributed by atoms with Gasteiger partial charge in [-0.15, -0.1) is 0 Å². The molecule has 0 spiro atoms. The Morgan fingerprint density at radius 3 is 2.23 bits per heavy atom. The van der Waals surface area contributed by atoms with E-state index in [4.69, 9.17) is 0 Å². The van der Waals surface area contributed by atoms with E-state index in [1.165, 1.54) is 25.7 Å². The third-order valence-corrected chi connectivity index (χ3v) is 5.65. The Balaban J connectivity index is 1.43. The lowest BCUT2D eigenvalue weighted by atomic mass is 10.1. The number of nitrogens with one attached hydrogen (secondary N) is 1. The molecule has 0 atom stereocenters. The molecule has 2 aromatic rings. The number of amides is 1. The monoisotopic (exact) mass is 349 g/mol. The molecule has 0 bridgehead atoms. The van der Waals surface area contributed by atoms with Crippen LogP contribution in [0.3, 0.4) is 0 Å². The van der Waals surface area contributed by atoms with Gasteiger partial charge in [-0.3, -0.25) is 9.69 Å². The van der Waals surface area contributed by atoms with Crippen molar-refractivity contribution >= 4 is 17.3 Å². The van der Waals surface area contributed by atoms with Gasteiger partial charge in [0, 0.05) is 37.9 Å². The lowest BCUT2D eigenvalue weighted by molar-refractivity contribution is 0.0574. The van der Waals surface area contributed by atoms with E-state index in [0.29, 0.717) is 0 Å². The average molecular weight is 349 g/mol. The second-order valence-electron chi connectivity index (χ2n) is 7.30. The lowest BCUT2D eigenvalue weighted by Crippen LogP contribution is -2.51. The quantitative estimate of drug-likeness (QED) is 0.901. The summed E-state index contributed by atoms with van der Waals surface area (Å²) in [6, 6.07) is 18.6. The fraction of sp³-hybridized carbons (Fsp3) is 0.409. The number of benzene rings is 2. The molecule has 0 unspecified atom stereocenters. The van der Waals surface area contributed by atoms with E-state index in [-0.39, 0.29) is 5.91 Å². The fourth-order valence-electron chi connectivity index (χ4n) is 4.19. The van der Waals surface area contributed by atoms with Crippen LogP contribution < -0.4 is 5.32 Å². The summed E-state index contributed by atoms with van der Waals surface area (Å²) in [5, 5.41) is 3.39. The third-order valence-electron chi connectivity index (χ3n) is 5.65. The van der Waals surface area contributed by atoms with Crippen LogP contribution >= 0.6 is 0 Å². The van der Waals surface area contributed by atoms with Crippen LogP contribution in [0, 0.1) is 0 Å². The van der Waals surface area contributed by atoms with Crippen molar-refractivity contribution in [2.75, 3.05) is 31.5 Å². The number of nitrogens with zero attached hydrogens (tertiary/aromatic N) is 2. The molecule has 1 N–H and O–H groups in total. The van der Waals surface area contributed by atoms with E-state index in [1.54, 1.807) is 0 Å². The van der Waals surface area contributed by atoms with Gasteiger partial charge in [0.2, 0.25) is 0 Å². The van der Waals surface area contributed by atoms with Crippen LogP contribution in [0.25, 0.3) is 0 Å². The number of piperazine rings is 1. The Kier molecular flexibility index (Phi) is 5.21. The van der Waals surface area contributed by atoms with Crippen molar-refractivity contribution in [2.45, 2.75) is 31.7 Å². The van der Waals surface area contributed by atoms with Gasteiger partial charge in [0.1, 0.15) is 0 Å². The Bertz CT molecular complexity index is 732. The highest BCUT2D eigenvalue weighted by molar-refractivity contribution is 6.00. The second kappa shape index (κ2) is 7.92. The number of anilines is 2. The third kappa shape index (κ3) is 3.75. The van der Waals surface area contributed by atoms with Crippen molar-refractivity contribution in [3.63, 3.8) is 0 Å². The van der Waals surface area contributed by atoms with Crippen molar-refractivity contribution < 1.29 is 4.79 Å². The molecular weight excluding hydrogens is 322 g/mol. The molecule has 1 amide bonds. The highest BCUT2D eigenvalue weighted by atomic mass is 16.2. The predicted molar refractivity (Wildman–Crippen MR) is 106 cm³/mol. The number of hydrogen-bond acceptors (Lipinski definition) is 3. The van der Waals surface area contributed by atoms with Gasteiger partial charge in [0.05, 0.1) is 11.3 Å². The first-order valence-electron chi connectivity index (χ1n) is 9.76. The van der Waals surface area contributed by atoms with Gasteiger partial charge >= 0.3 is 0 Å². The van der Waals surface area contributed by atoms with E-state index in [9.17, 15) is 4.79 Å². The molecule has 2 fully saturated rings. The van der Waals surface area contributed by atoms with Crippen LogP contribution in [0.4, 0.5) is 11.4 Å². The first kappa shape index (κ1) is 17.1. The van der Waals surface area contributed by atoms with Crippen LogP contribution in [-0.2, 0) is 0 Å². The summed E-state index contributed by atoms with van der Waals surface area (Å²) in [6.45, 7) is 3.67. The molecule has 1 aliphatic carbocycles. The minimum Gasteiger partial charge on any atom is -0.355 e. The second-order valence-corrected chi connectivity index (χ2v) is 7.30. The molecular formula is C22H27N3O. The SMILES string of the molecule is O=C(c1ccccc1Nc1ccccc1)N1CCN(C2CCCC2)CC1. The molecule has 4 heteroatoms. The molecule has 26 heavy (non-hydrogen) atoms. The summed E-state index contributed by atoms with van der Waals surface area (Å²) >= 11 is 0. The van der Waals surface area contributed by atoms with Gasteiger partial charge in [-0.05, 0) is 37.1 Å². The van der Waals surface area contributed by atoms with Crippen LogP contribution in [-0.4, -0.2) is 47.9 Å². The van der Waals surface area contributed by atoms with Gasteiger partial charge in [0.15, 0.2) is 0 Å². The molecule has 2 aromatic carbocycles. The predicted octanol–water partition coefficient (Wildman–Crippen LogP) is 4.13.